The number of benzene rings is 2. The number of amides is 1. The Hall–Kier alpha value is -3.78. The van der Waals surface area contributed by atoms with Gasteiger partial charge in [-0.3, -0.25) is 9.20 Å². The first-order chi connectivity index (χ1) is 15.9. The van der Waals surface area contributed by atoms with Crippen LogP contribution in [0.5, 0.6) is 5.75 Å². The third-order valence-corrected chi connectivity index (χ3v) is 5.46. The van der Waals surface area contributed by atoms with E-state index in [0.717, 1.165) is 11.1 Å². The van der Waals surface area contributed by atoms with Crippen LogP contribution in [-0.2, 0) is 6.61 Å². The molecule has 2 heterocycles. The van der Waals surface area contributed by atoms with Crippen molar-refractivity contribution in [3.8, 4) is 5.75 Å². The molecule has 0 radical (unpaired) electrons. The maximum atomic E-state index is 14.0. The molecule has 2 aromatic carbocycles. The van der Waals surface area contributed by atoms with Crippen LogP contribution in [0.3, 0.4) is 0 Å². The van der Waals surface area contributed by atoms with Crippen molar-refractivity contribution in [2.75, 3.05) is 6.54 Å². The van der Waals surface area contributed by atoms with Gasteiger partial charge in [0.2, 0.25) is 0 Å². The second kappa shape index (κ2) is 9.38. The molecule has 0 bridgehead atoms. The molecule has 1 unspecified atom stereocenters. The second-order valence-corrected chi connectivity index (χ2v) is 7.77. The molecule has 1 atom stereocenters. The summed E-state index contributed by atoms with van der Waals surface area (Å²) in [7, 11) is 0. The van der Waals surface area contributed by atoms with E-state index in [9.17, 15) is 13.6 Å². The number of hydrogen-bond acceptors (Lipinski definition) is 4. The molecule has 0 aliphatic carbocycles. The van der Waals surface area contributed by atoms with Gasteiger partial charge in [-0.05, 0) is 43.7 Å². The number of aryl methyl sites for hydroxylation is 2. The molecular formula is C25H24F2N4O2. The molecule has 8 heteroatoms. The predicted octanol–water partition coefficient (Wildman–Crippen LogP) is 4.24. The van der Waals surface area contributed by atoms with E-state index in [1.165, 1.54) is 18.2 Å². The molecule has 4 aromatic rings. The number of carbonyl (C=O) groups is 1. The molecule has 1 amide bonds. The predicted molar refractivity (Wildman–Crippen MR) is 121 cm³/mol. The molecular weight excluding hydrogens is 426 g/mol. The van der Waals surface area contributed by atoms with E-state index in [4.69, 9.17) is 10.5 Å². The fraction of sp³-hybridized carbons (Fsp3) is 0.200. The largest absolute Gasteiger partial charge is 0.485 e. The summed E-state index contributed by atoms with van der Waals surface area (Å²) in [5.41, 5.74) is 8.95. The number of imidazole rings is 1. The van der Waals surface area contributed by atoms with Crippen molar-refractivity contribution in [1.82, 2.24) is 14.7 Å². The van der Waals surface area contributed by atoms with E-state index in [0.29, 0.717) is 22.8 Å². The van der Waals surface area contributed by atoms with Crippen molar-refractivity contribution in [3.63, 3.8) is 0 Å². The first kappa shape index (κ1) is 22.4. The summed E-state index contributed by atoms with van der Waals surface area (Å²) in [5.74, 6) is -1.42. The summed E-state index contributed by atoms with van der Waals surface area (Å²) in [4.78, 5) is 17.6. The van der Waals surface area contributed by atoms with Gasteiger partial charge < -0.3 is 15.8 Å². The highest BCUT2D eigenvalue weighted by Crippen LogP contribution is 2.25. The lowest BCUT2D eigenvalue weighted by Gasteiger charge is -2.18. The van der Waals surface area contributed by atoms with Gasteiger partial charge in [-0.1, -0.05) is 35.9 Å². The average molecular weight is 450 g/mol. The summed E-state index contributed by atoms with van der Waals surface area (Å²) >= 11 is 0. The van der Waals surface area contributed by atoms with E-state index >= 15 is 0 Å². The van der Waals surface area contributed by atoms with Crippen LogP contribution in [0.1, 0.15) is 38.9 Å². The Morgan fingerprint density at radius 2 is 1.79 bits per heavy atom. The lowest BCUT2D eigenvalue weighted by atomic mass is 10.1. The van der Waals surface area contributed by atoms with Crippen LogP contribution in [0, 0.1) is 25.5 Å². The van der Waals surface area contributed by atoms with Crippen LogP contribution < -0.4 is 15.8 Å². The Labute approximate surface area is 190 Å². The fourth-order valence-corrected chi connectivity index (χ4v) is 3.67. The molecule has 0 aliphatic rings. The van der Waals surface area contributed by atoms with Crippen molar-refractivity contribution in [2.45, 2.75) is 26.5 Å². The topological polar surface area (TPSA) is 81.6 Å². The normalized spacial score (nSPS) is 12.0. The molecule has 0 spiro atoms. The average Bonchev–Trinajstić information content (AvgIpc) is 3.14. The minimum atomic E-state index is -0.689. The van der Waals surface area contributed by atoms with Crippen molar-refractivity contribution in [3.05, 3.63) is 101 Å². The van der Waals surface area contributed by atoms with Gasteiger partial charge in [0.1, 0.15) is 23.9 Å². The van der Waals surface area contributed by atoms with Crippen molar-refractivity contribution in [1.29, 1.82) is 0 Å². The van der Waals surface area contributed by atoms with E-state index in [2.05, 4.69) is 10.3 Å². The Bertz CT molecular complexity index is 1280. The summed E-state index contributed by atoms with van der Waals surface area (Å²) in [5, 5.41) is 2.97. The summed E-state index contributed by atoms with van der Waals surface area (Å²) < 4.78 is 35.2. The Morgan fingerprint density at radius 3 is 2.45 bits per heavy atom. The van der Waals surface area contributed by atoms with Gasteiger partial charge in [0.05, 0.1) is 17.3 Å². The maximum absolute atomic E-state index is 14.0. The zero-order valence-electron chi connectivity index (χ0n) is 18.3. The van der Waals surface area contributed by atoms with Crippen LogP contribution in [-0.4, -0.2) is 21.8 Å². The maximum Gasteiger partial charge on any atom is 0.270 e. The van der Waals surface area contributed by atoms with E-state index in [1.54, 1.807) is 29.7 Å². The number of halogens is 2. The van der Waals surface area contributed by atoms with E-state index in [-0.39, 0.29) is 30.7 Å². The van der Waals surface area contributed by atoms with Crippen LogP contribution in [0.4, 0.5) is 8.78 Å². The molecule has 6 nitrogen and oxygen atoms in total. The minimum absolute atomic E-state index is 0.176. The number of nitrogens with zero attached hydrogens (tertiary/aromatic N) is 2. The SMILES string of the molecule is Cc1ccc(C(CN)NC(=O)c2c(C)nc3c(OCc4c(F)cccc4F)cccn23)cc1. The number of rotatable bonds is 7. The number of hydrogen-bond donors (Lipinski definition) is 2. The standard InChI is InChI=1S/C25H24F2N4O2/c1-15-8-10-17(11-9-15)21(13-28)30-25(32)23-16(2)29-24-22(7-4-12-31(23)24)33-14-18-19(26)5-3-6-20(18)27/h3-12,21H,13-14,28H2,1-2H3,(H,30,32). The number of nitrogens with one attached hydrogen (secondary N) is 1. The first-order valence-electron chi connectivity index (χ1n) is 10.5. The number of nitrogens with two attached hydrogens (primary N) is 1. The summed E-state index contributed by atoms with van der Waals surface area (Å²) in [6.45, 7) is 3.62. The van der Waals surface area contributed by atoms with Gasteiger partial charge in [-0.25, -0.2) is 13.8 Å². The number of aromatic nitrogens is 2. The van der Waals surface area contributed by atoms with Crippen LogP contribution in [0.2, 0.25) is 0 Å². The molecule has 3 N–H and O–H groups in total. The second-order valence-electron chi connectivity index (χ2n) is 7.77. The molecule has 4 rings (SSSR count). The summed E-state index contributed by atoms with van der Waals surface area (Å²) in [6.07, 6.45) is 1.68. The Balaban J connectivity index is 1.60. The third kappa shape index (κ3) is 4.56. The third-order valence-electron chi connectivity index (χ3n) is 5.46. The van der Waals surface area contributed by atoms with Crippen molar-refractivity contribution >= 4 is 11.6 Å². The Morgan fingerprint density at radius 1 is 1.09 bits per heavy atom. The highest BCUT2D eigenvalue weighted by molar-refractivity contribution is 5.95. The monoisotopic (exact) mass is 450 g/mol. The van der Waals surface area contributed by atoms with Gasteiger partial charge in [-0.15, -0.1) is 0 Å². The molecule has 0 fully saturated rings. The van der Waals surface area contributed by atoms with Crippen LogP contribution >= 0.6 is 0 Å². The molecule has 0 saturated carbocycles. The van der Waals surface area contributed by atoms with Crippen LogP contribution in [0.15, 0.2) is 60.8 Å². The smallest absolute Gasteiger partial charge is 0.270 e. The number of fused-ring (bicyclic) bond motifs is 1. The minimum Gasteiger partial charge on any atom is -0.485 e. The highest BCUT2D eigenvalue weighted by atomic mass is 19.1. The number of carbonyl (C=O) groups excluding carboxylic acids is 1. The van der Waals surface area contributed by atoms with E-state index < -0.39 is 11.6 Å². The van der Waals surface area contributed by atoms with Gasteiger partial charge in [-0.2, -0.15) is 0 Å². The number of ether oxygens (including phenoxy) is 1. The van der Waals surface area contributed by atoms with Crippen molar-refractivity contribution < 1.29 is 18.3 Å². The molecule has 2 aromatic heterocycles. The van der Waals surface area contributed by atoms with Gasteiger partial charge in [0.15, 0.2) is 11.4 Å². The lowest BCUT2D eigenvalue weighted by molar-refractivity contribution is 0.0931. The van der Waals surface area contributed by atoms with Gasteiger partial charge >= 0.3 is 0 Å². The highest BCUT2D eigenvalue weighted by Gasteiger charge is 2.22. The molecule has 170 valence electrons. The molecule has 0 aliphatic heterocycles. The van der Waals surface area contributed by atoms with Crippen LogP contribution in [0.25, 0.3) is 5.65 Å². The first-order valence-corrected chi connectivity index (χ1v) is 10.5. The fourth-order valence-electron chi connectivity index (χ4n) is 3.67. The molecule has 33 heavy (non-hydrogen) atoms. The zero-order valence-corrected chi connectivity index (χ0v) is 18.3. The Kier molecular flexibility index (Phi) is 6.37. The quantitative estimate of drug-likeness (QED) is 0.441. The summed E-state index contributed by atoms with van der Waals surface area (Å²) in [6, 6.07) is 14.4. The van der Waals surface area contributed by atoms with Gasteiger partial charge in [0.25, 0.3) is 5.91 Å². The van der Waals surface area contributed by atoms with Crippen molar-refractivity contribution in [2.24, 2.45) is 5.73 Å². The van der Waals surface area contributed by atoms with Gasteiger partial charge in [0, 0.05) is 12.7 Å². The zero-order chi connectivity index (χ0) is 23.5. The molecule has 0 saturated heterocycles. The van der Waals surface area contributed by atoms with E-state index in [1.807, 2.05) is 31.2 Å². The number of pyridine rings is 1. The lowest BCUT2D eigenvalue weighted by Crippen LogP contribution is -2.34.